The minimum absolute atomic E-state index is 0.118. The van der Waals surface area contributed by atoms with E-state index < -0.39 is 5.92 Å². The number of hydrogen-bond acceptors (Lipinski definition) is 5. The molecule has 5 nitrogen and oxygen atoms in total. The topological polar surface area (TPSA) is 54.5 Å². The Morgan fingerprint density at radius 2 is 2.00 bits per heavy atom. The SMILES string of the molecule is CSc1cc(NC(=O)c2cc3c(cc2N2CCCC(F)(F)CC2)COC3)ccn1. The number of ether oxygens (including phenoxy) is 1. The van der Waals surface area contributed by atoms with Crippen LogP contribution in [0.1, 0.15) is 40.7 Å². The van der Waals surface area contributed by atoms with Crippen LogP contribution in [0, 0.1) is 0 Å². The number of alkyl halides is 2. The van der Waals surface area contributed by atoms with Crippen molar-refractivity contribution in [1.29, 1.82) is 0 Å². The first-order valence-corrected chi connectivity index (χ1v) is 10.9. The van der Waals surface area contributed by atoms with Crippen molar-refractivity contribution >= 4 is 29.0 Å². The second-order valence-corrected chi connectivity index (χ2v) is 8.19. The number of rotatable bonds is 4. The van der Waals surface area contributed by atoms with Crippen molar-refractivity contribution < 1.29 is 18.3 Å². The van der Waals surface area contributed by atoms with Gasteiger partial charge in [0.05, 0.1) is 23.8 Å². The summed E-state index contributed by atoms with van der Waals surface area (Å²) < 4.78 is 33.2. The fourth-order valence-corrected chi connectivity index (χ4v) is 4.17. The van der Waals surface area contributed by atoms with Gasteiger partial charge >= 0.3 is 0 Å². The fraction of sp³-hybridized carbons (Fsp3) is 0.429. The number of halogens is 2. The van der Waals surface area contributed by atoms with Gasteiger partial charge in [-0.15, -0.1) is 11.8 Å². The number of aromatic nitrogens is 1. The summed E-state index contributed by atoms with van der Waals surface area (Å²) in [7, 11) is 0. The largest absolute Gasteiger partial charge is 0.372 e. The van der Waals surface area contributed by atoms with Crippen LogP contribution in [0.3, 0.4) is 0 Å². The molecule has 0 radical (unpaired) electrons. The molecule has 1 N–H and O–H groups in total. The minimum atomic E-state index is -2.65. The molecule has 1 aromatic carbocycles. The number of carbonyl (C=O) groups is 1. The number of nitrogens with zero attached hydrogens (tertiary/aromatic N) is 2. The third kappa shape index (κ3) is 4.53. The minimum Gasteiger partial charge on any atom is -0.372 e. The van der Waals surface area contributed by atoms with Crippen LogP contribution >= 0.6 is 11.8 Å². The first-order valence-electron chi connectivity index (χ1n) is 9.63. The summed E-state index contributed by atoms with van der Waals surface area (Å²) in [6.07, 6.45) is 3.64. The monoisotopic (exact) mass is 419 g/mol. The molecule has 2 aliphatic rings. The van der Waals surface area contributed by atoms with Crippen molar-refractivity contribution in [2.24, 2.45) is 0 Å². The molecule has 29 heavy (non-hydrogen) atoms. The van der Waals surface area contributed by atoms with Crippen molar-refractivity contribution in [3.63, 3.8) is 0 Å². The molecule has 2 aromatic rings. The standard InChI is InChI=1S/C21H23F2N3O2S/c1-29-19-11-16(3-6-24-19)25-20(27)17-9-14-12-28-13-15(14)10-18(17)26-7-2-4-21(22,23)5-8-26/h3,6,9-11H,2,4-5,7-8,12-13H2,1H3,(H,24,25,27). The molecular formula is C21H23F2N3O2S. The summed E-state index contributed by atoms with van der Waals surface area (Å²) in [5, 5.41) is 3.73. The van der Waals surface area contributed by atoms with Crippen molar-refractivity contribution in [2.75, 3.05) is 29.6 Å². The highest BCUT2D eigenvalue weighted by Crippen LogP contribution is 2.34. The van der Waals surface area contributed by atoms with Crippen LogP contribution < -0.4 is 10.2 Å². The molecule has 0 spiro atoms. The van der Waals surface area contributed by atoms with E-state index in [1.807, 2.05) is 29.4 Å². The summed E-state index contributed by atoms with van der Waals surface area (Å²) in [5.74, 6) is -2.91. The van der Waals surface area contributed by atoms with E-state index in [-0.39, 0.29) is 25.3 Å². The van der Waals surface area contributed by atoms with Gasteiger partial charge in [-0.05, 0) is 48.1 Å². The number of fused-ring (bicyclic) bond motifs is 1. The van der Waals surface area contributed by atoms with Crippen LogP contribution in [-0.4, -0.2) is 36.2 Å². The lowest BCUT2D eigenvalue weighted by Gasteiger charge is -2.26. The van der Waals surface area contributed by atoms with Crippen LogP contribution in [-0.2, 0) is 18.0 Å². The van der Waals surface area contributed by atoms with E-state index in [0.717, 1.165) is 16.2 Å². The molecule has 3 heterocycles. The lowest BCUT2D eigenvalue weighted by atomic mass is 10.0. The van der Waals surface area contributed by atoms with Gasteiger partial charge in [0, 0.05) is 43.5 Å². The predicted octanol–water partition coefficient (Wildman–Crippen LogP) is 4.71. The number of pyridine rings is 1. The molecule has 2 aliphatic heterocycles. The van der Waals surface area contributed by atoms with E-state index >= 15 is 0 Å². The first-order chi connectivity index (χ1) is 13.9. The quantitative estimate of drug-likeness (QED) is 0.728. The zero-order chi connectivity index (χ0) is 20.4. The Hall–Kier alpha value is -2.19. The number of hydrogen-bond donors (Lipinski definition) is 1. The highest BCUT2D eigenvalue weighted by atomic mass is 32.2. The maximum Gasteiger partial charge on any atom is 0.257 e. The number of amides is 1. The van der Waals surface area contributed by atoms with E-state index in [4.69, 9.17) is 4.74 Å². The molecule has 0 atom stereocenters. The van der Waals surface area contributed by atoms with Crippen LogP contribution in [0.2, 0.25) is 0 Å². The molecule has 4 rings (SSSR count). The molecule has 1 saturated heterocycles. The Morgan fingerprint density at radius 1 is 1.21 bits per heavy atom. The van der Waals surface area contributed by atoms with E-state index in [1.54, 1.807) is 12.3 Å². The number of nitrogens with one attached hydrogen (secondary N) is 1. The summed E-state index contributed by atoms with van der Waals surface area (Å²) in [6, 6.07) is 7.32. The van der Waals surface area contributed by atoms with Gasteiger partial charge in [-0.2, -0.15) is 0 Å². The van der Waals surface area contributed by atoms with Gasteiger partial charge < -0.3 is 15.0 Å². The molecule has 1 fully saturated rings. The third-order valence-electron chi connectivity index (χ3n) is 5.34. The molecule has 8 heteroatoms. The van der Waals surface area contributed by atoms with E-state index in [2.05, 4.69) is 10.3 Å². The van der Waals surface area contributed by atoms with E-state index in [1.165, 1.54) is 11.8 Å². The fourth-order valence-electron chi connectivity index (χ4n) is 3.76. The zero-order valence-electron chi connectivity index (χ0n) is 16.2. The zero-order valence-corrected chi connectivity index (χ0v) is 17.0. The Balaban J connectivity index is 1.65. The molecule has 1 aromatic heterocycles. The number of anilines is 2. The third-order valence-corrected chi connectivity index (χ3v) is 5.98. The predicted molar refractivity (Wildman–Crippen MR) is 110 cm³/mol. The van der Waals surface area contributed by atoms with Gasteiger partial charge in [0.25, 0.3) is 5.91 Å². The normalized spacial score (nSPS) is 18.2. The van der Waals surface area contributed by atoms with Crippen molar-refractivity contribution in [1.82, 2.24) is 4.98 Å². The molecular weight excluding hydrogens is 396 g/mol. The maximum atomic E-state index is 13.9. The molecule has 0 bridgehead atoms. The van der Waals surface area contributed by atoms with Crippen LogP contribution in [0.5, 0.6) is 0 Å². The average Bonchev–Trinajstić information content (AvgIpc) is 3.09. The molecule has 0 aliphatic carbocycles. The van der Waals surface area contributed by atoms with E-state index in [0.29, 0.717) is 43.1 Å². The van der Waals surface area contributed by atoms with Crippen molar-refractivity contribution in [3.05, 3.63) is 47.2 Å². The van der Waals surface area contributed by atoms with Gasteiger partial charge in [0.2, 0.25) is 5.92 Å². The number of benzene rings is 1. The molecule has 1 amide bonds. The smallest absolute Gasteiger partial charge is 0.257 e. The van der Waals surface area contributed by atoms with Gasteiger partial charge in [0.1, 0.15) is 0 Å². The summed E-state index contributed by atoms with van der Waals surface area (Å²) >= 11 is 1.49. The van der Waals surface area contributed by atoms with Gasteiger partial charge in [0.15, 0.2) is 0 Å². The number of carbonyl (C=O) groups excluding carboxylic acids is 1. The Morgan fingerprint density at radius 3 is 2.79 bits per heavy atom. The summed E-state index contributed by atoms with van der Waals surface area (Å²) in [5.41, 5.74) is 3.82. The lowest BCUT2D eigenvalue weighted by Crippen LogP contribution is -2.28. The second-order valence-electron chi connectivity index (χ2n) is 7.37. The maximum absolute atomic E-state index is 13.9. The van der Waals surface area contributed by atoms with Gasteiger partial charge in [-0.1, -0.05) is 0 Å². The molecule has 0 saturated carbocycles. The van der Waals surface area contributed by atoms with Crippen molar-refractivity contribution in [3.8, 4) is 0 Å². The van der Waals surface area contributed by atoms with Crippen LogP contribution in [0.25, 0.3) is 0 Å². The van der Waals surface area contributed by atoms with E-state index in [9.17, 15) is 13.6 Å². The number of thioether (sulfide) groups is 1. The first kappa shape index (κ1) is 20.1. The molecule has 0 unspecified atom stereocenters. The summed E-state index contributed by atoms with van der Waals surface area (Å²) in [6.45, 7) is 1.66. The van der Waals surface area contributed by atoms with Crippen LogP contribution in [0.15, 0.2) is 35.5 Å². The average molecular weight is 419 g/mol. The van der Waals surface area contributed by atoms with Gasteiger partial charge in [-0.25, -0.2) is 13.8 Å². The Bertz CT molecular complexity index is 923. The van der Waals surface area contributed by atoms with Crippen LogP contribution in [0.4, 0.5) is 20.2 Å². The molecule has 154 valence electrons. The summed E-state index contributed by atoms with van der Waals surface area (Å²) in [4.78, 5) is 19.3. The lowest BCUT2D eigenvalue weighted by molar-refractivity contribution is -0.0102. The highest BCUT2D eigenvalue weighted by molar-refractivity contribution is 7.98. The highest BCUT2D eigenvalue weighted by Gasteiger charge is 2.33. The second kappa shape index (κ2) is 8.28. The Labute approximate surface area is 172 Å². The van der Waals surface area contributed by atoms with Gasteiger partial charge in [-0.3, -0.25) is 4.79 Å². The van der Waals surface area contributed by atoms with Crippen molar-refractivity contribution in [2.45, 2.75) is 43.4 Å². The Kier molecular flexibility index (Phi) is 5.74.